The van der Waals surface area contributed by atoms with Gasteiger partial charge in [0.1, 0.15) is 0 Å². The lowest BCUT2D eigenvalue weighted by Gasteiger charge is -2.16. The van der Waals surface area contributed by atoms with E-state index in [0.717, 1.165) is 5.56 Å². The quantitative estimate of drug-likeness (QED) is 0.853. The van der Waals surface area contributed by atoms with Crippen molar-refractivity contribution in [3.8, 4) is 0 Å². The fourth-order valence-electron chi connectivity index (χ4n) is 1.57. The van der Waals surface area contributed by atoms with Gasteiger partial charge in [0.2, 0.25) is 0 Å². The Kier molecular flexibility index (Phi) is 5.56. The van der Waals surface area contributed by atoms with Crippen molar-refractivity contribution in [1.82, 2.24) is 5.32 Å². The molecule has 0 bridgehead atoms. The third kappa shape index (κ3) is 4.30. The minimum atomic E-state index is -0.302. The number of hydrogen-bond acceptors (Lipinski definition) is 2. The summed E-state index contributed by atoms with van der Waals surface area (Å²) < 4.78 is 0. The van der Waals surface area contributed by atoms with Crippen molar-refractivity contribution in [3.63, 3.8) is 0 Å². The molecular weight excluding hydrogens is 245 g/mol. The first-order chi connectivity index (χ1) is 7.50. The molecule has 0 saturated heterocycles. The summed E-state index contributed by atoms with van der Waals surface area (Å²) in [6, 6.07) is 5.70. The molecule has 2 nitrogen and oxygen atoms in total. The zero-order chi connectivity index (χ0) is 12.1. The van der Waals surface area contributed by atoms with Crippen LogP contribution in [-0.4, -0.2) is 17.3 Å². The van der Waals surface area contributed by atoms with Crippen molar-refractivity contribution in [2.45, 2.75) is 39.0 Å². The predicted octanol–water partition coefficient (Wildman–Crippen LogP) is 3.24. The van der Waals surface area contributed by atoms with Crippen LogP contribution in [-0.2, 0) is 6.54 Å². The Bertz CT molecular complexity index is 322. The van der Waals surface area contributed by atoms with Gasteiger partial charge in [-0.2, -0.15) is 0 Å². The number of aliphatic hydroxyl groups excluding tert-OH is 1. The predicted molar refractivity (Wildman–Crippen MR) is 69.1 cm³/mol. The fraction of sp³-hybridized carbons (Fsp3) is 0.500. The number of nitrogens with one attached hydrogen (secondary N) is 1. The van der Waals surface area contributed by atoms with Gasteiger partial charge >= 0.3 is 0 Å². The zero-order valence-corrected chi connectivity index (χ0v) is 11.0. The number of aliphatic hydroxyl groups is 1. The van der Waals surface area contributed by atoms with Crippen LogP contribution in [0.4, 0.5) is 0 Å². The number of halogens is 2. The van der Waals surface area contributed by atoms with E-state index in [-0.39, 0.29) is 12.1 Å². The molecule has 0 radical (unpaired) electrons. The average molecular weight is 262 g/mol. The Hall–Kier alpha value is -0.280. The highest BCUT2D eigenvalue weighted by molar-refractivity contribution is 6.35. The standard InChI is InChI=1S/C12H17Cl2NO/c1-8(6-9(2)16)15-7-10-11(13)4-3-5-12(10)14/h3-5,8-9,15-16H,6-7H2,1-2H3. The molecule has 4 heteroatoms. The molecule has 1 rings (SSSR count). The Morgan fingerprint density at radius 3 is 2.31 bits per heavy atom. The summed E-state index contributed by atoms with van der Waals surface area (Å²) in [7, 11) is 0. The van der Waals surface area contributed by atoms with Gasteiger partial charge in [0, 0.05) is 28.2 Å². The highest BCUT2D eigenvalue weighted by Gasteiger charge is 2.09. The summed E-state index contributed by atoms with van der Waals surface area (Å²) in [5, 5.41) is 13.9. The van der Waals surface area contributed by atoms with Crippen LogP contribution in [0.25, 0.3) is 0 Å². The van der Waals surface area contributed by atoms with Crippen molar-refractivity contribution < 1.29 is 5.11 Å². The van der Waals surface area contributed by atoms with Gasteiger partial charge < -0.3 is 10.4 Å². The number of hydrogen-bond donors (Lipinski definition) is 2. The van der Waals surface area contributed by atoms with Crippen LogP contribution in [0.5, 0.6) is 0 Å². The highest BCUT2D eigenvalue weighted by atomic mass is 35.5. The first kappa shape index (κ1) is 13.8. The molecule has 0 aliphatic heterocycles. The van der Waals surface area contributed by atoms with Crippen molar-refractivity contribution in [2.24, 2.45) is 0 Å². The maximum Gasteiger partial charge on any atom is 0.0526 e. The van der Waals surface area contributed by atoms with E-state index < -0.39 is 0 Å². The molecule has 16 heavy (non-hydrogen) atoms. The van der Waals surface area contributed by atoms with Crippen LogP contribution in [0.1, 0.15) is 25.8 Å². The molecule has 0 fully saturated rings. The molecule has 0 saturated carbocycles. The van der Waals surface area contributed by atoms with E-state index in [2.05, 4.69) is 5.32 Å². The van der Waals surface area contributed by atoms with E-state index in [0.29, 0.717) is 23.0 Å². The van der Waals surface area contributed by atoms with Gasteiger partial charge in [0.05, 0.1) is 6.10 Å². The second-order valence-corrected chi connectivity index (χ2v) is 4.88. The minimum Gasteiger partial charge on any atom is -0.393 e. The van der Waals surface area contributed by atoms with Gasteiger partial charge in [-0.15, -0.1) is 0 Å². The van der Waals surface area contributed by atoms with E-state index >= 15 is 0 Å². The Morgan fingerprint density at radius 1 is 1.25 bits per heavy atom. The van der Waals surface area contributed by atoms with Crippen molar-refractivity contribution in [2.75, 3.05) is 0 Å². The van der Waals surface area contributed by atoms with E-state index in [4.69, 9.17) is 23.2 Å². The summed E-state index contributed by atoms with van der Waals surface area (Å²) >= 11 is 12.1. The topological polar surface area (TPSA) is 32.3 Å². The van der Waals surface area contributed by atoms with Gasteiger partial charge in [-0.3, -0.25) is 0 Å². The van der Waals surface area contributed by atoms with Gasteiger partial charge in [0.25, 0.3) is 0 Å². The van der Waals surface area contributed by atoms with E-state index in [9.17, 15) is 5.11 Å². The van der Waals surface area contributed by atoms with Crippen LogP contribution in [0.2, 0.25) is 10.0 Å². The third-order valence-electron chi connectivity index (χ3n) is 2.38. The SMILES string of the molecule is CC(O)CC(C)NCc1c(Cl)cccc1Cl. The lowest BCUT2D eigenvalue weighted by atomic mass is 10.1. The van der Waals surface area contributed by atoms with Crippen LogP contribution >= 0.6 is 23.2 Å². The van der Waals surface area contributed by atoms with Crippen molar-refractivity contribution in [1.29, 1.82) is 0 Å². The summed E-state index contributed by atoms with van der Waals surface area (Å²) in [5.41, 5.74) is 0.906. The molecule has 0 aromatic heterocycles. The maximum atomic E-state index is 9.24. The fourth-order valence-corrected chi connectivity index (χ4v) is 2.10. The molecule has 0 aliphatic rings. The van der Waals surface area contributed by atoms with Crippen LogP contribution in [0.15, 0.2) is 18.2 Å². The Labute approximate surface area is 107 Å². The zero-order valence-electron chi connectivity index (χ0n) is 9.50. The molecule has 0 spiro atoms. The molecule has 90 valence electrons. The summed E-state index contributed by atoms with van der Waals surface area (Å²) in [6.45, 7) is 4.42. The van der Waals surface area contributed by atoms with Crippen molar-refractivity contribution >= 4 is 23.2 Å². The second-order valence-electron chi connectivity index (χ2n) is 4.07. The summed E-state index contributed by atoms with van der Waals surface area (Å²) in [5.74, 6) is 0. The highest BCUT2D eigenvalue weighted by Crippen LogP contribution is 2.24. The lowest BCUT2D eigenvalue weighted by molar-refractivity contribution is 0.170. The molecule has 0 aliphatic carbocycles. The van der Waals surface area contributed by atoms with Crippen LogP contribution in [0, 0.1) is 0 Å². The first-order valence-electron chi connectivity index (χ1n) is 5.35. The van der Waals surface area contributed by atoms with Gasteiger partial charge in [0.15, 0.2) is 0 Å². The third-order valence-corrected chi connectivity index (χ3v) is 3.09. The molecule has 2 atom stereocenters. The molecule has 1 aromatic carbocycles. The molecular formula is C12H17Cl2NO. The van der Waals surface area contributed by atoms with E-state index in [1.165, 1.54) is 0 Å². The normalized spacial score (nSPS) is 14.8. The van der Waals surface area contributed by atoms with E-state index in [1.807, 2.05) is 25.1 Å². The summed E-state index contributed by atoms with van der Waals surface area (Å²) in [6.07, 6.45) is 0.409. The second kappa shape index (κ2) is 6.45. The van der Waals surface area contributed by atoms with E-state index in [1.54, 1.807) is 6.92 Å². The van der Waals surface area contributed by atoms with Gasteiger partial charge in [-0.05, 0) is 32.4 Å². The Morgan fingerprint density at radius 2 is 1.81 bits per heavy atom. The lowest BCUT2D eigenvalue weighted by Crippen LogP contribution is -2.28. The monoisotopic (exact) mass is 261 g/mol. The van der Waals surface area contributed by atoms with Crippen LogP contribution in [0.3, 0.4) is 0 Å². The maximum absolute atomic E-state index is 9.24. The van der Waals surface area contributed by atoms with Gasteiger partial charge in [-0.1, -0.05) is 29.3 Å². The molecule has 0 heterocycles. The smallest absolute Gasteiger partial charge is 0.0526 e. The summed E-state index contributed by atoms with van der Waals surface area (Å²) in [4.78, 5) is 0. The molecule has 1 aromatic rings. The molecule has 2 N–H and O–H groups in total. The van der Waals surface area contributed by atoms with Crippen LogP contribution < -0.4 is 5.32 Å². The minimum absolute atomic E-state index is 0.229. The first-order valence-corrected chi connectivity index (χ1v) is 6.10. The number of benzene rings is 1. The molecule has 2 unspecified atom stereocenters. The van der Waals surface area contributed by atoms with Gasteiger partial charge in [-0.25, -0.2) is 0 Å². The van der Waals surface area contributed by atoms with Crippen molar-refractivity contribution in [3.05, 3.63) is 33.8 Å². The molecule has 0 amide bonds. The Balaban J connectivity index is 2.54. The number of rotatable bonds is 5. The largest absolute Gasteiger partial charge is 0.393 e. The average Bonchev–Trinajstić information content (AvgIpc) is 2.15.